The van der Waals surface area contributed by atoms with Gasteiger partial charge in [-0.15, -0.1) is 0 Å². The van der Waals surface area contributed by atoms with Crippen LogP contribution in [0, 0.1) is 0 Å². The lowest BCUT2D eigenvalue weighted by atomic mass is 10.2. The first kappa shape index (κ1) is 17.9. The number of hydrogen-bond acceptors (Lipinski definition) is 4. The van der Waals surface area contributed by atoms with E-state index in [9.17, 15) is 8.42 Å². The standard InChI is InChI=1S/C16H19ClN2O3S/c1-22-11-10-19(12-14-6-8-18-9-7-14)23(20,21)13-15-4-2-3-5-16(15)17/h2-9H,10-13H2,1H3. The minimum atomic E-state index is -3.52. The Kier molecular flexibility index (Phi) is 6.53. The molecule has 0 spiro atoms. The first-order valence-corrected chi connectivity index (χ1v) is 9.10. The lowest BCUT2D eigenvalue weighted by Gasteiger charge is -2.22. The molecular formula is C16H19ClN2O3S. The van der Waals surface area contributed by atoms with Crippen molar-refractivity contribution in [1.82, 2.24) is 9.29 Å². The summed E-state index contributed by atoms with van der Waals surface area (Å²) in [5.74, 6) is -0.137. The SMILES string of the molecule is COCCN(Cc1ccncc1)S(=O)(=O)Cc1ccccc1Cl. The molecule has 5 nitrogen and oxygen atoms in total. The van der Waals surface area contributed by atoms with E-state index >= 15 is 0 Å². The van der Waals surface area contributed by atoms with Gasteiger partial charge in [-0.2, -0.15) is 4.31 Å². The lowest BCUT2D eigenvalue weighted by molar-refractivity contribution is 0.177. The van der Waals surface area contributed by atoms with Crippen LogP contribution in [0.3, 0.4) is 0 Å². The molecule has 23 heavy (non-hydrogen) atoms. The lowest BCUT2D eigenvalue weighted by Crippen LogP contribution is -2.34. The molecule has 2 rings (SSSR count). The maximum atomic E-state index is 12.8. The van der Waals surface area contributed by atoms with Crippen LogP contribution in [0.15, 0.2) is 48.8 Å². The van der Waals surface area contributed by atoms with Crippen molar-refractivity contribution in [2.45, 2.75) is 12.3 Å². The Hall–Kier alpha value is -1.47. The Bertz CT molecular complexity index is 723. The molecule has 0 unspecified atom stereocenters. The van der Waals surface area contributed by atoms with Crippen molar-refractivity contribution in [1.29, 1.82) is 0 Å². The van der Waals surface area contributed by atoms with E-state index in [0.29, 0.717) is 17.2 Å². The third-order valence-electron chi connectivity index (χ3n) is 3.34. The van der Waals surface area contributed by atoms with E-state index in [0.717, 1.165) is 5.56 Å². The van der Waals surface area contributed by atoms with Gasteiger partial charge in [0.1, 0.15) is 0 Å². The molecule has 2 aromatic rings. The van der Waals surface area contributed by atoms with Crippen molar-refractivity contribution in [3.05, 3.63) is 64.9 Å². The predicted molar refractivity (Wildman–Crippen MR) is 90.6 cm³/mol. The fourth-order valence-electron chi connectivity index (χ4n) is 2.10. The molecule has 7 heteroatoms. The molecule has 0 fully saturated rings. The number of pyridine rings is 1. The van der Waals surface area contributed by atoms with E-state index in [4.69, 9.17) is 16.3 Å². The summed E-state index contributed by atoms with van der Waals surface area (Å²) in [6.07, 6.45) is 3.29. The van der Waals surface area contributed by atoms with Crippen LogP contribution in [0.1, 0.15) is 11.1 Å². The largest absolute Gasteiger partial charge is 0.383 e. The number of sulfonamides is 1. The topological polar surface area (TPSA) is 59.5 Å². The second kappa shape index (κ2) is 8.40. The van der Waals surface area contributed by atoms with Gasteiger partial charge in [-0.25, -0.2) is 8.42 Å². The van der Waals surface area contributed by atoms with Crippen LogP contribution in [0.2, 0.25) is 5.02 Å². The van der Waals surface area contributed by atoms with Gasteiger partial charge in [0.15, 0.2) is 0 Å². The molecule has 0 bridgehead atoms. The second-order valence-corrected chi connectivity index (χ2v) is 7.41. The molecule has 0 saturated carbocycles. The van der Waals surface area contributed by atoms with Gasteiger partial charge in [-0.05, 0) is 29.3 Å². The van der Waals surface area contributed by atoms with Gasteiger partial charge in [-0.1, -0.05) is 29.8 Å². The van der Waals surface area contributed by atoms with Gasteiger partial charge in [0.05, 0.1) is 12.4 Å². The zero-order valence-electron chi connectivity index (χ0n) is 12.9. The van der Waals surface area contributed by atoms with Gasteiger partial charge in [0, 0.05) is 37.6 Å². The second-order valence-electron chi connectivity index (χ2n) is 5.03. The monoisotopic (exact) mass is 354 g/mol. The summed E-state index contributed by atoms with van der Waals surface area (Å²) in [6, 6.07) is 10.6. The summed E-state index contributed by atoms with van der Waals surface area (Å²) in [4.78, 5) is 3.95. The van der Waals surface area contributed by atoms with Crippen LogP contribution in [-0.4, -0.2) is 38.0 Å². The summed E-state index contributed by atoms with van der Waals surface area (Å²) in [5.41, 5.74) is 1.46. The molecule has 0 radical (unpaired) electrons. The highest BCUT2D eigenvalue weighted by atomic mass is 35.5. The molecule has 1 heterocycles. The molecule has 0 amide bonds. The average Bonchev–Trinajstić information content (AvgIpc) is 2.54. The van der Waals surface area contributed by atoms with Crippen LogP contribution in [-0.2, 0) is 27.1 Å². The van der Waals surface area contributed by atoms with Crippen molar-refractivity contribution in [2.24, 2.45) is 0 Å². The van der Waals surface area contributed by atoms with E-state index in [1.807, 2.05) is 0 Å². The third-order valence-corrected chi connectivity index (χ3v) is 5.49. The Balaban J connectivity index is 2.20. The van der Waals surface area contributed by atoms with E-state index < -0.39 is 10.0 Å². The highest BCUT2D eigenvalue weighted by Gasteiger charge is 2.23. The molecule has 0 aliphatic heterocycles. The molecule has 0 N–H and O–H groups in total. The molecule has 0 aliphatic rings. The molecule has 0 aliphatic carbocycles. The van der Waals surface area contributed by atoms with Crippen LogP contribution in [0.5, 0.6) is 0 Å². The van der Waals surface area contributed by atoms with Gasteiger partial charge in [-0.3, -0.25) is 4.98 Å². The molecule has 124 valence electrons. The van der Waals surface area contributed by atoms with E-state index in [1.54, 1.807) is 55.9 Å². The van der Waals surface area contributed by atoms with Crippen LogP contribution in [0.4, 0.5) is 0 Å². The maximum Gasteiger partial charge on any atom is 0.218 e. The van der Waals surface area contributed by atoms with Gasteiger partial charge in [0.25, 0.3) is 0 Å². The number of rotatable bonds is 8. The fraction of sp³-hybridized carbons (Fsp3) is 0.312. The Morgan fingerprint density at radius 1 is 1.17 bits per heavy atom. The Morgan fingerprint density at radius 3 is 2.52 bits per heavy atom. The zero-order chi connectivity index (χ0) is 16.7. The van der Waals surface area contributed by atoms with E-state index in [-0.39, 0.29) is 18.8 Å². The van der Waals surface area contributed by atoms with E-state index in [2.05, 4.69) is 4.98 Å². The third kappa shape index (κ3) is 5.28. The minimum absolute atomic E-state index is 0.137. The molecule has 1 aromatic carbocycles. The summed E-state index contributed by atoms with van der Waals surface area (Å²) < 4.78 is 32.0. The number of halogens is 1. The summed E-state index contributed by atoms with van der Waals surface area (Å²) >= 11 is 6.08. The normalized spacial score (nSPS) is 11.8. The van der Waals surface area contributed by atoms with Crippen molar-refractivity contribution < 1.29 is 13.2 Å². The average molecular weight is 355 g/mol. The van der Waals surface area contributed by atoms with E-state index in [1.165, 1.54) is 4.31 Å². The van der Waals surface area contributed by atoms with Gasteiger partial charge in [0.2, 0.25) is 10.0 Å². The van der Waals surface area contributed by atoms with Crippen LogP contribution >= 0.6 is 11.6 Å². The minimum Gasteiger partial charge on any atom is -0.383 e. The zero-order valence-corrected chi connectivity index (χ0v) is 14.4. The quantitative estimate of drug-likeness (QED) is 0.731. The molecule has 0 atom stereocenters. The number of ether oxygens (including phenoxy) is 1. The predicted octanol–water partition coefficient (Wildman–Crippen LogP) is 2.71. The van der Waals surface area contributed by atoms with Crippen molar-refractivity contribution >= 4 is 21.6 Å². The Morgan fingerprint density at radius 2 is 1.87 bits per heavy atom. The van der Waals surface area contributed by atoms with Gasteiger partial charge >= 0.3 is 0 Å². The molecular weight excluding hydrogens is 336 g/mol. The number of hydrogen-bond donors (Lipinski definition) is 0. The first-order valence-electron chi connectivity index (χ1n) is 7.12. The van der Waals surface area contributed by atoms with Crippen LogP contribution < -0.4 is 0 Å². The summed E-state index contributed by atoms with van der Waals surface area (Å²) in [6.45, 7) is 0.886. The van der Waals surface area contributed by atoms with Crippen molar-refractivity contribution in [3.63, 3.8) is 0 Å². The maximum absolute atomic E-state index is 12.8. The van der Waals surface area contributed by atoms with Crippen molar-refractivity contribution in [2.75, 3.05) is 20.3 Å². The fourth-order valence-corrected chi connectivity index (χ4v) is 3.91. The Labute approximate surface area is 141 Å². The smallest absolute Gasteiger partial charge is 0.218 e. The highest BCUT2D eigenvalue weighted by Crippen LogP contribution is 2.20. The summed E-state index contributed by atoms with van der Waals surface area (Å²) in [7, 11) is -1.97. The van der Waals surface area contributed by atoms with Crippen molar-refractivity contribution in [3.8, 4) is 0 Å². The summed E-state index contributed by atoms with van der Waals surface area (Å²) in [5, 5.41) is 0.451. The highest BCUT2D eigenvalue weighted by molar-refractivity contribution is 7.88. The van der Waals surface area contributed by atoms with Gasteiger partial charge < -0.3 is 4.74 Å². The number of benzene rings is 1. The van der Waals surface area contributed by atoms with Crippen LogP contribution in [0.25, 0.3) is 0 Å². The number of aromatic nitrogens is 1. The molecule has 1 aromatic heterocycles. The first-order chi connectivity index (χ1) is 11.0. The molecule has 0 saturated heterocycles. The number of nitrogens with zero attached hydrogens (tertiary/aromatic N) is 2. The number of methoxy groups -OCH3 is 1.